The van der Waals surface area contributed by atoms with Gasteiger partial charge >= 0.3 is 0 Å². The zero-order valence-corrected chi connectivity index (χ0v) is 11.1. The zero-order chi connectivity index (χ0) is 13.9. The predicted octanol–water partition coefficient (Wildman–Crippen LogP) is 2.51. The average molecular weight is 268 g/mol. The molecule has 3 aromatic rings. The van der Waals surface area contributed by atoms with E-state index in [0.717, 1.165) is 22.6 Å². The lowest BCUT2D eigenvalue weighted by molar-refractivity contribution is 0.415. The second kappa shape index (κ2) is 5.08. The third kappa shape index (κ3) is 2.23. The standard InChI is InChI=1S/C14H12N4O2/c1-9-12(7-15-8-16-9)14-18-17-13(20-14)10-4-3-5-11(6-10)19-2/h3-8H,1-2H3. The smallest absolute Gasteiger partial charge is 0.251 e. The Morgan fingerprint density at radius 2 is 2.00 bits per heavy atom. The number of ether oxygens (including phenoxy) is 1. The lowest BCUT2D eigenvalue weighted by Crippen LogP contribution is -1.88. The number of rotatable bonds is 3. The molecule has 2 heterocycles. The summed E-state index contributed by atoms with van der Waals surface area (Å²) in [6, 6.07) is 7.45. The Kier molecular flexibility index (Phi) is 3.12. The first-order chi connectivity index (χ1) is 9.78. The van der Waals surface area contributed by atoms with E-state index in [0.29, 0.717) is 11.8 Å². The van der Waals surface area contributed by atoms with Gasteiger partial charge in [0, 0.05) is 11.8 Å². The molecule has 0 saturated carbocycles. The minimum absolute atomic E-state index is 0.404. The van der Waals surface area contributed by atoms with Gasteiger partial charge in [-0.15, -0.1) is 10.2 Å². The van der Waals surface area contributed by atoms with Gasteiger partial charge in [-0.25, -0.2) is 9.97 Å². The first kappa shape index (κ1) is 12.3. The van der Waals surface area contributed by atoms with Crippen molar-refractivity contribution in [2.24, 2.45) is 0 Å². The van der Waals surface area contributed by atoms with Crippen LogP contribution in [0.15, 0.2) is 41.2 Å². The van der Waals surface area contributed by atoms with Gasteiger partial charge in [-0.05, 0) is 25.1 Å². The molecule has 0 aliphatic heterocycles. The van der Waals surface area contributed by atoms with Crippen molar-refractivity contribution in [3.8, 4) is 28.7 Å². The third-order valence-electron chi connectivity index (χ3n) is 2.88. The van der Waals surface area contributed by atoms with E-state index in [-0.39, 0.29) is 0 Å². The highest BCUT2D eigenvalue weighted by Crippen LogP contribution is 2.26. The van der Waals surface area contributed by atoms with E-state index in [4.69, 9.17) is 9.15 Å². The minimum Gasteiger partial charge on any atom is -0.497 e. The van der Waals surface area contributed by atoms with Crippen molar-refractivity contribution in [1.82, 2.24) is 20.2 Å². The maximum atomic E-state index is 5.68. The molecule has 0 N–H and O–H groups in total. The van der Waals surface area contributed by atoms with Crippen molar-refractivity contribution in [2.45, 2.75) is 6.92 Å². The number of nitrogens with zero attached hydrogens (tertiary/aromatic N) is 4. The minimum atomic E-state index is 0.404. The summed E-state index contributed by atoms with van der Waals surface area (Å²) in [6.07, 6.45) is 3.14. The van der Waals surface area contributed by atoms with Crippen LogP contribution in [0.25, 0.3) is 22.9 Å². The van der Waals surface area contributed by atoms with Crippen molar-refractivity contribution < 1.29 is 9.15 Å². The van der Waals surface area contributed by atoms with Gasteiger partial charge in [-0.3, -0.25) is 0 Å². The number of methoxy groups -OCH3 is 1. The fourth-order valence-corrected chi connectivity index (χ4v) is 1.81. The molecule has 100 valence electrons. The second-order valence-electron chi connectivity index (χ2n) is 4.17. The lowest BCUT2D eigenvalue weighted by Gasteiger charge is -2.00. The van der Waals surface area contributed by atoms with Gasteiger partial charge in [0.15, 0.2) is 0 Å². The first-order valence-electron chi connectivity index (χ1n) is 6.03. The Hall–Kier alpha value is -2.76. The molecule has 0 atom stereocenters. The predicted molar refractivity (Wildman–Crippen MR) is 72.0 cm³/mol. The molecule has 0 bridgehead atoms. The van der Waals surface area contributed by atoms with Gasteiger partial charge in [0.2, 0.25) is 5.89 Å². The van der Waals surface area contributed by atoms with Crippen LogP contribution in [0.5, 0.6) is 5.75 Å². The molecule has 0 unspecified atom stereocenters. The maximum Gasteiger partial charge on any atom is 0.251 e. The van der Waals surface area contributed by atoms with Crippen LogP contribution in [0.2, 0.25) is 0 Å². The topological polar surface area (TPSA) is 73.9 Å². The summed E-state index contributed by atoms with van der Waals surface area (Å²) in [5.74, 6) is 1.57. The largest absolute Gasteiger partial charge is 0.497 e. The normalized spacial score (nSPS) is 10.5. The van der Waals surface area contributed by atoms with Crippen molar-refractivity contribution in [1.29, 1.82) is 0 Å². The highest BCUT2D eigenvalue weighted by molar-refractivity contribution is 5.59. The molecular formula is C14H12N4O2. The van der Waals surface area contributed by atoms with Crippen molar-refractivity contribution in [2.75, 3.05) is 7.11 Å². The molecule has 6 heteroatoms. The number of aryl methyl sites for hydroxylation is 1. The summed E-state index contributed by atoms with van der Waals surface area (Å²) in [5.41, 5.74) is 2.33. The van der Waals surface area contributed by atoms with Crippen molar-refractivity contribution in [3.63, 3.8) is 0 Å². The molecule has 0 saturated heterocycles. The Morgan fingerprint density at radius 1 is 1.15 bits per heavy atom. The molecule has 2 aromatic heterocycles. The van der Waals surface area contributed by atoms with Gasteiger partial charge < -0.3 is 9.15 Å². The van der Waals surface area contributed by atoms with Crippen LogP contribution >= 0.6 is 0 Å². The summed E-state index contributed by atoms with van der Waals surface area (Å²) in [6.45, 7) is 1.87. The van der Waals surface area contributed by atoms with Gasteiger partial charge in [0.05, 0.1) is 18.4 Å². The Bertz CT molecular complexity index is 739. The Labute approximate surface area is 115 Å². The Balaban J connectivity index is 2.00. The van der Waals surface area contributed by atoms with E-state index in [1.54, 1.807) is 13.3 Å². The quantitative estimate of drug-likeness (QED) is 0.726. The van der Waals surface area contributed by atoms with E-state index < -0.39 is 0 Å². The average Bonchev–Trinajstić information content (AvgIpc) is 2.97. The first-order valence-corrected chi connectivity index (χ1v) is 6.03. The third-order valence-corrected chi connectivity index (χ3v) is 2.88. The van der Waals surface area contributed by atoms with Gasteiger partial charge in [0.1, 0.15) is 12.1 Å². The Morgan fingerprint density at radius 3 is 2.80 bits per heavy atom. The summed E-state index contributed by atoms with van der Waals surface area (Å²) < 4.78 is 10.9. The van der Waals surface area contributed by atoms with Crippen LogP contribution in [0, 0.1) is 6.92 Å². The molecule has 1 aromatic carbocycles. The molecule has 0 aliphatic rings. The van der Waals surface area contributed by atoms with Crippen LogP contribution in [0.1, 0.15) is 5.69 Å². The molecule has 0 aliphatic carbocycles. The van der Waals surface area contributed by atoms with E-state index in [1.807, 2.05) is 31.2 Å². The molecule has 0 spiro atoms. The molecule has 0 fully saturated rings. The van der Waals surface area contributed by atoms with E-state index in [9.17, 15) is 0 Å². The van der Waals surface area contributed by atoms with Crippen LogP contribution in [-0.4, -0.2) is 27.3 Å². The summed E-state index contributed by atoms with van der Waals surface area (Å²) in [5, 5.41) is 8.09. The number of hydrogen-bond donors (Lipinski definition) is 0. The molecule has 0 radical (unpaired) electrons. The molecule has 3 rings (SSSR count). The maximum absolute atomic E-state index is 5.68. The van der Waals surface area contributed by atoms with Crippen molar-refractivity contribution >= 4 is 0 Å². The van der Waals surface area contributed by atoms with Crippen LogP contribution in [0.3, 0.4) is 0 Å². The van der Waals surface area contributed by atoms with Crippen LogP contribution < -0.4 is 4.74 Å². The van der Waals surface area contributed by atoms with Crippen LogP contribution in [-0.2, 0) is 0 Å². The number of benzene rings is 1. The van der Waals surface area contributed by atoms with Gasteiger partial charge in [-0.1, -0.05) is 6.07 Å². The highest BCUT2D eigenvalue weighted by atomic mass is 16.5. The highest BCUT2D eigenvalue weighted by Gasteiger charge is 2.13. The van der Waals surface area contributed by atoms with E-state index in [2.05, 4.69) is 20.2 Å². The zero-order valence-electron chi connectivity index (χ0n) is 11.1. The number of aromatic nitrogens is 4. The lowest BCUT2D eigenvalue weighted by atomic mass is 10.2. The van der Waals surface area contributed by atoms with Gasteiger partial charge in [-0.2, -0.15) is 0 Å². The monoisotopic (exact) mass is 268 g/mol. The summed E-state index contributed by atoms with van der Waals surface area (Å²) in [7, 11) is 1.61. The van der Waals surface area contributed by atoms with Gasteiger partial charge in [0.25, 0.3) is 5.89 Å². The van der Waals surface area contributed by atoms with E-state index in [1.165, 1.54) is 6.33 Å². The fraction of sp³-hybridized carbons (Fsp3) is 0.143. The SMILES string of the molecule is COc1cccc(-c2nnc(-c3cncnc3C)o2)c1. The van der Waals surface area contributed by atoms with Crippen molar-refractivity contribution in [3.05, 3.63) is 42.5 Å². The van der Waals surface area contributed by atoms with E-state index >= 15 is 0 Å². The fourth-order valence-electron chi connectivity index (χ4n) is 1.81. The summed E-state index contributed by atoms with van der Waals surface area (Å²) >= 11 is 0. The molecule has 6 nitrogen and oxygen atoms in total. The molecule has 0 amide bonds. The van der Waals surface area contributed by atoms with Crippen LogP contribution in [0.4, 0.5) is 0 Å². The number of hydrogen-bond acceptors (Lipinski definition) is 6. The second-order valence-corrected chi connectivity index (χ2v) is 4.17. The molecule has 20 heavy (non-hydrogen) atoms. The molecular weight excluding hydrogens is 256 g/mol. The summed E-state index contributed by atoms with van der Waals surface area (Å²) in [4.78, 5) is 8.08.